The molecule has 0 saturated carbocycles. The topological polar surface area (TPSA) is 89.3 Å². The molecule has 0 fully saturated rings. The highest BCUT2D eigenvalue weighted by Gasteiger charge is 2.11. The summed E-state index contributed by atoms with van der Waals surface area (Å²) in [5, 5.41) is 2.63. The molecule has 0 spiro atoms. The summed E-state index contributed by atoms with van der Waals surface area (Å²) in [5.41, 5.74) is 5.02. The first-order valence-electron chi connectivity index (χ1n) is 8.63. The first kappa shape index (κ1) is 20.6. The van der Waals surface area contributed by atoms with Gasteiger partial charge in [0.2, 0.25) is 11.8 Å². The fraction of sp³-hybridized carbons (Fsp3) is 0.824. The molecule has 0 aliphatic heterocycles. The van der Waals surface area contributed by atoms with Crippen molar-refractivity contribution in [1.82, 2.24) is 5.32 Å². The van der Waals surface area contributed by atoms with Gasteiger partial charge in [-0.25, -0.2) is 0 Å². The smallest absolute Gasteiger partial charge is 0.220 e. The summed E-state index contributed by atoms with van der Waals surface area (Å²) in [4.78, 5) is 33.1. The molecule has 128 valence electrons. The summed E-state index contributed by atoms with van der Waals surface area (Å²) in [6.45, 7) is 2.22. The van der Waals surface area contributed by atoms with E-state index in [0.29, 0.717) is 12.7 Å². The molecule has 5 heteroatoms. The Bertz CT molecular complexity index is 319. The van der Waals surface area contributed by atoms with Gasteiger partial charge in [0.15, 0.2) is 0 Å². The number of carbonyl (C=O) groups is 3. The lowest BCUT2D eigenvalue weighted by molar-refractivity contribution is -0.125. The molecule has 0 rings (SSSR count). The van der Waals surface area contributed by atoms with E-state index in [9.17, 15) is 14.4 Å². The Hall–Kier alpha value is -1.39. The number of nitrogens with one attached hydrogen (secondary N) is 1. The van der Waals surface area contributed by atoms with Gasteiger partial charge in [-0.1, -0.05) is 58.3 Å². The maximum absolute atomic E-state index is 11.7. The highest BCUT2D eigenvalue weighted by molar-refractivity contribution is 5.80. The van der Waals surface area contributed by atoms with E-state index in [1.165, 1.54) is 38.5 Å². The summed E-state index contributed by atoms with van der Waals surface area (Å²) in [6, 6.07) is -0.599. The second-order valence-electron chi connectivity index (χ2n) is 5.89. The average molecular weight is 312 g/mol. The van der Waals surface area contributed by atoms with Crippen LogP contribution in [-0.4, -0.2) is 24.1 Å². The van der Waals surface area contributed by atoms with E-state index in [0.717, 1.165) is 19.3 Å². The van der Waals surface area contributed by atoms with Crippen molar-refractivity contribution in [3.8, 4) is 0 Å². The number of amides is 2. The minimum Gasteiger partial charge on any atom is -0.370 e. The largest absolute Gasteiger partial charge is 0.370 e. The average Bonchev–Trinajstić information content (AvgIpc) is 2.49. The van der Waals surface area contributed by atoms with E-state index in [-0.39, 0.29) is 18.7 Å². The SMILES string of the molecule is CCCCCCCCCCCC(=O)N[C@@H](C=O)CCC(N)=O. The van der Waals surface area contributed by atoms with E-state index >= 15 is 0 Å². The fourth-order valence-corrected chi connectivity index (χ4v) is 2.35. The highest BCUT2D eigenvalue weighted by Crippen LogP contribution is 2.10. The van der Waals surface area contributed by atoms with Gasteiger partial charge in [-0.05, 0) is 12.8 Å². The first-order chi connectivity index (χ1) is 10.6. The molecule has 0 aromatic carbocycles. The molecule has 0 radical (unpaired) electrons. The van der Waals surface area contributed by atoms with Gasteiger partial charge in [0.25, 0.3) is 0 Å². The third-order valence-electron chi connectivity index (χ3n) is 3.72. The van der Waals surface area contributed by atoms with Crippen molar-refractivity contribution in [2.24, 2.45) is 5.73 Å². The zero-order valence-corrected chi connectivity index (χ0v) is 13.9. The number of aldehydes is 1. The number of rotatable bonds is 15. The highest BCUT2D eigenvalue weighted by atomic mass is 16.2. The van der Waals surface area contributed by atoms with Crippen LogP contribution in [0.25, 0.3) is 0 Å². The van der Waals surface area contributed by atoms with Gasteiger partial charge in [0.1, 0.15) is 6.29 Å². The van der Waals surface area contributed by atoms with Crippen molar-refractivity contribution in [2.75, 3.05) is 0 Å². The van der Waals surface area contributed by atoms with Crippen LogP contribution in [0.15, 0.2) is 0 Å². The Kier molecular flexibility index (Phi) is 13.6. The molecule has 0 aromatic heterocycles. The van der Waals surface area contributed by atoms with Gasteiger partial charge in [-0.15, -0.1) is 0 Å². The lowest BCUT2D eigenvalue weighted by Crippen LogP contribution is -2.36. The Labute approximate surface area is 134 Å². The summed E-state index contributed by atoms with van der Waals surface area (Å²) in [7, 11) is 0. The summed E-state index contributed by atoms with van der Waals surface area (Å²) in [5.74, 6) is -0.579. The van der Waals surface area contributed by atoms with Crippen LogP contribution >= 0.6 is 0 Å². The van der Waals surface area contributed by atoms with E-state index < -0.39 is 11.9 Å². The monoisotopic (exact) mass is 312 g/mol. The maximum atomic E-state index is 11.7. The molecular weight excluding hydrogens is 280 g/mol. The summed E-state index contributed by atoms with van der Waals surface area (Å²) < 4.78 is 0. The molecule has 5 nitrogen and oxygen atoms in total. The van der Waals surface area contributed by atoms with Crippen LogP contribution in [0.2, 0.25) is 0 Å². The Balaban J connectivity index is 3.51. The molecule has 0 aliphatic rings. The quantitative estimate of drug-likeness (QED) is 0.360. The molecule has 22 heavy (non-hydrogen) atoms. The number of hydrogen-bond acceptors (Lipinski definition) is 3. The Morgan fingerprint density at radius 1 is 0.955 bits per heavy atom. The minimum atomic E-state index is -0.599. The van der Waals surface area contributed by atoms with Crippen molar-refractivity contribution >= 4 is 18.1 Å². The molecule has 3 N–H and O–H groups in total. The molecule has 0 aromatic rings. The van der Waals surface area contributed by atoms with Crippen LogP contribution in [0.4, 0.5) is 0 Å². The number of primary amides is 1. The van der Waals surface area contributed by atoms with Crippen LogP contribution in [-0.2, 0) is 14.4 Å². The van der Waals surface area contributed by atoms with Crippen LogP contribution in [0.1, 0.15) is 84.0 Å². The number of hydrogen-bond donors (Lipinski definition) is 2. The molecular formula is C17H32N2O3. The second kappa shape index (κ2) is 14.5. The predicted molar refractivity (Wildman–Crippen MR) is 88.3 cm³/mol. The van der Waals surface area contributed by atoms with Crippen molar-refractivity contribution in [3.63, 3.8) is 0 Å². The molecule has 1 atom stereocenters. The van der Waals surface area contributed by atoms with Gasteiger partial charge in [-0.2, -0.15) is 0 Å². The summed E-state index contributed by atoms with van der Waals surface area (Å²) >= 11 is 0. The van der Waals surface area contributed by atoms with Crippen LogP contribution in [0.5, 0.6) is 0 Å². The van der Waals surface area contributed by atoms with E-state index in [2.05, 4.69) is 12.2 Å². The normalized spacial score (nSPS) is 11.9. The van der Waals surface area contributed by atoms with Crippen molar-refractivity contribution in [3.05, 3.63) is 0 Å². The lowest BCUT2D eigenvalue weighted by Gasteiger charge is -2.11. The number of nitrogens with two attached hydrogens (primary N) is 1. The third-order valence-corrected chi connectivity index (χ3v) is 3.72. The zero-order valence-electron chi connectivity index (χ0n) is 13.9. The second-order valence-corrected chi connectivity index (χ2v) is 5.89. The molecule has 2 amide bonds. The molecule has 0 aliphatic carbocycles. The number of unbranched alkanes of at least 4 members (excludes halogenated alkanes) is 8. The van der Waals surface area contributed by atoms with Gasteiger partial charge < -0.3 is 15.8 Å². The minimum absolute atomic E-state index is 0.113. The summed E-state index contributed by atoms with van der Waals surface area (Å²) in [6.07, 6.45) is 12.3. The predicted octanol–water partition coefficient (Wildman–Crippen LogP) is 2.86. The van der Waals surface area contributed by atoms with Gasteiger partial charge >= 0.3 is 0 Å². The van der Waals surface area contributed by atoms with E-state index in [1.54, 1.807) is 0 Å². The zero-order chi connectivity index (χ0) is 16.6. The fourth-order valence-electron chi connectivity index (χ4n) is 2.35. The van der Waals surface area contributed by atoms with Crippen molar-refractivity contribution < 1.29 is 14.4 Å². The van der Waals surface area contributed by atoms with Crippen molar-refractivity contribution in [2.45, 2.75) is 90.0 Å². The lowest BCUT2D eigenvalue weighted by atomic mass is 10.1. The maximum Gasteiger partial charge on any atom is 0.220 e. The molecule has 0 bridgehead atoms. The van der Waals surface area contributed by atoms with Crippen LogP contribution < -0.4 is 11.1 Å². The number of carbonyl (C=O) groups excluding carboxylic acids is 3. The molecule has 0 heterocycles. The van der Waals surface area contributed by atoms with Gasteiger partial charge in [0.05, 0.1) is 6.04 Å². The first-order valence-corrected chi connectivity index (χ1v) is 8.63. The standard InChI is InChI=1S/C17H32N2O3/c1-2-3-4-5-6-7-8-9-10-11-17(22)19-15(14-20)12-13-16(18)21/h14-15H,2-13H2,1H3,(H2,18,21)(H,19,22)/t15-/m1/s1. The van der Waals surface area contributed by atoms with Gasteiger partial charge in [-0.3, -0.25) is 9.59 Å². The van der Waals surface area contributed by atoms with E-state index in [4.69, 9.17) is 5.73 Å². The van der Waals surface area contributed by atoms with Crippen LogP contribution in [0.3, 0.4) is 0 Å². The molecule has 0 saturated heterocycles. The third kappa shape index (κ3) is 13.6. The Morgan fingerprint density at radius 3 is 2.00 bits per heavy atom. The molecule has 0 unspecified atom stereocenters. The van der Waals surface area contributed by atoms with Crippen molar-refractivity contribution in [1.29, 1.82) is 0 Å². The Morgan fingerprint density at radius 2 is 1.50 bits per heavy atom. The van der Waals surface area contributed by atoms with Gasteiger partial charge in [0, 0.05) is 12.8 Å². The van der Waals surface area contributed by atoms with Crippen LogP contribution in [0, 0.1) is 0 Å². The van der Waals surface area contributed by atoms with E-state index in [1.807, 2.05) is 0 Å².